The Hall–Kier alpha value is -0.830. The van der Waals surface area contributed by atoms with Crippen LogP contribution >= 0.6 is 11.6 Å². The Bertz CT molecular complexity index is 281. The summed E-state index contributed by atoms with van der Waals surface area (Å²) in [5.41, 5.74) is 0.595. The highest BCUT2D eigenvalue weighted by Crippen LogP contribution is 1.93. The maximum Gasteiger partial charge on any atom is 0.266 e. The fourth-order valence-corrected chi connectivity index (χ4v) is 0.764. The van der Waals surface area contributed by atoms with Gasteiger partial charge in [-0.2, -0.15) is 5.10 Å². The van der Waals surface area contributed by atoms with Gasteiger partial charge in [0.2, 0.25) is 0 Å². The lowest BCUT2D eigenvalue weighted by molar-refractivity contribution is 0.690. The second kappa shape index (κ2) is 2.84. The molecule has 0 aliphatic carbocycles. The number of rotatable bonds is 1. The molecule has 0 amide bonds. The predicted octanol–water partition coefficient (Wildman–Crippen LogP) is 0.519. The lowest BCUT2D eigenvalue weighted by Gasteiger charge is -1.95. The van der Waals surface area contributed by atoms with E-state index in [1.165, 1.54) is 10.7 Å². The van der Waals surface area contributed by atoms with Gasteiger partial charge in [-0.05, 0) is 6.07 Å². The maximum atomic E-state index is 10.7. The summed E-state index contributed by atoms with van der Waals surface area (Å²) < 4.78 is 1.26. The lowest BCUT2D eigenvalue weighted by atomic mass is 10.4. The minimum atomic E-state index is -0.117. The molecule has 0 N–H and O–H groups in total. The van der Waals surface area contributed by atoms with Crippen LogP contribution < -0.4 is 5.56 Å². The minimum absolute atomic E-state index is 0.117. The Kier molecular flexibility index (Phi) is 2.06. The molecule has 0 spiro atoms. The third-order valence-corrected chi connectivity index (χ3v) is 1.43. The van der Waals surface area contributed by atoms with Gasteiger partial charge in [0.05, 0.1) is 11.6 Å². The zero-order chi connectivity index (χ0) is 7.56. The zero-order valence-electron chi connectivity index (χ0n) is 5.54. The summed E-state index contributed by atoms with van der Waals surface area (Å²) in [6.07, 6.45) is 0. The van der Waals surface area contributed by atoms with Gasteiger partial charge in [-0.15, -0.1) is 11.6 Å². The molecule has 0 aromatic carbocycles. The summed E-state index contributed by atoms with van der Waals surface area (Å²) in [5.74, 6) is 0.341. The maximum absolute atomic E-state index is 10.7. The van der Waals surface area contributed by atoms with Gasteiger partial charge in [0.1, 0.15) is 0 Å². The summed E-state index contributed by atoms with van der Waals surface area (Å²) in [5, 5.41) is 3.86. The van der Waals surface area contributed by atoms with Gasteiger partial charge in [-0.1, -0.05) is 0 Å². The molecule has 0 atom stereocenters. The first kappa shape index (κ1) is 7.28. The predicted molar refractivity (Wildman–Crippen MR) is 39.0 cm³/mol. The van der Waals surface area contributed by atoms with Gasteiger partial charge in [0.15, 0.2) is 0 Å². The van der Waals surface area contributed by atoms with E-state index in [9.17, 15) is 4.79 Å². The molecule has 3 nitrogen and oxygen atoms in total. The summed E-state index contributed by atoms with van der Waals surface area (Å²) in [6.45, 7) is 0. The van der Waals surface area contributed by atoms with E-state index in [4.69, 9.17) is 11.6 Å². The molecule has 0 bridgehead atoms. The van der Waals surface area contributed by atoms with Crippen molar-refractivity contribution in [2.24, 2.45) is 7.05 Å². The Morgan fingerprint density at radius 2 is 2.40 bits per heavy atom. The smallest absolute Gasteiger partial charge is 0.266 e. The van der Waals surface area contributed by atoms with E-state index in [-0.39, 0.29) is 5.56 Å². The average Bonchev–Trinajstić information content (AvgIpc) is 1.95. The summed E-state index contributed by atoms with van der Waals surface area (Å²) in [4.78, 5) is 10.7. The number of aromatic nitrogens is 2. The van der Waals surface area contributed by atoms with Crippen LogP contribution in [-0.4, -0.2) is 9.78 Å². The normalized spacial score (nSPS) is 9.80. The molecular weight excluding hydrogens is 152 g/mol. The summed E-state index contributed by atoms with van der Waals surface area (Å²) >= 11 is 5.47. The van der Waals surface area contributed by atoms with Gasteiger partial charge in [-0.3, -0.25) is 4.79 Å². The quantitative estimate of drug-likeness (QED) is 0.559. The van der Waals surface area contributed by atoms with Crippen molar-refractivity contribution in [3.05, 3.63) is 28.2 Å². The van der Waals surface area contributed by atoms with Crippen LogP contribution in [0.3, 0.4) is 0 Å². The van der Waals surface area contributed by atoms with Crippen molar-refractivity contribution in [3.8, 4) is 0 Å². The second-order valence-corrected chi connectivity index (χ2v) is 2.19. The van der Waals surface area contributed by atoms with Crippen molar-refractivity contribution in [1.29, 1.82) is 0 Å². The van der Waals surface area contributed by atoms with E-state index < -0.39 is 0 Å². The van der Waals surface area contributed by atoms with E-state index >= 15 is 0 Å². The van der Waals surface area contributed by atoms with Crippen LogP contribution in [-0.2, 0) is 12.9 Å². The molecule has 0 aliphatic heterocycles. The molecule has 4 heteroatoms. The molecule has 1 heterocycles. The van der Waals surface area contributed by atoms with Gasteiger partial charge >= 0.3 is 0 Å². The van der Waals surface area contributed by atoms with Crippen molar-refractivity contribution in [2.45, 2.75) is 5.88 Å². The highest BCUT2D eigenvalue weighted by atomic mass is 35.5. The first-order valence-corrected chi connectivity index (χ1v) is 3.36. The van der Waals surface area contributed by atoms with E-state index in [1.54, 1.807) is 13.1 Å². The topological polar surface area (TPSA) is 34.9 Å². The van der Waals surface area contributed by atoms with Crippen LogP contribution in [0.2, 0.25) is 0 Å². The van der Waals surface area contributed by atoms with Crippen molar-refractivity contribution in [1.82, 2.24) is 9.78 Å². The van der Waals surface area contributed by atoms with Crippen molar-refractivity contribution in [3.63, 3.8) is 0 Å². The highest BCUT2D eigenvalue weighted by molar-refractivity contribution is 6.16. The zero-order valence-corrected chi connectivity index (χ0v) is 6.30. The number of alkyl halides is 1. The van der Waals surface area contributed by atoms with Crippen LogP contribution in [0.5, 0.6) is 0 Å². The number of aryl methyl sites for hydroxylation is 1. The fourth-order valence-electron chi connectivity index (χ4n) is 0.622. The average molecular weight is 159 g/mol. The molecule has 54 valence electrons. The SMILES string of the molecule is Cn1nc(CCl)ccc1=O. The molecule has 0 radical (unpaired) electrons. The van der Waals surface area contributed by atoms with E-state index in [2.05, 4.69) is 5.10 Å². The van der Waals surface area contributed by atoms with Crippen molar-refractivity contribution in [2.75, 3.05) is 0 Å². The van der Waals surface area contributed by atoms with Crippen LogP contribution in [0.4, 0.5) is 0 Å². The fraction of sp³-hybridized carbons (Fsp3) is 0.333. The van der Waals surface area contributed by atoms with Gasteiger partial charge in [-0.25, -0.2) is 4.68 Å². The van der Waals surface area contributed by atoms with Crippen LogP contribution in [0.25, 0.3) is 0 Å². The number of nitrogens with zero attached hydrogens (tertiary/aromatic N) is 2. The van der Waals surface area contributed by atoms with Gasteiger partial charge in [0.25, 0.3) is 5.56 Å². The molecular formula is C6H7ClN2O. The first-order valence-electron chi connectivity index (χ1n) is 2.83. The Balaban J connectivity index is 3.17. The third-order valence-electron chi connectivity index (χ3n) is 1.15. The molecule has 0 fully saturated rings. The summed E-state index contributed by atoms with van der Waals surface area (Å²) in [6, 6.07) is 3.07. The number of hydrogen-bond donors (Lipinski definition) is 0. The molecule has 0 aliphatic rings. The van der Waals surface area contributed by atoms with E-state index in [0.29, 0.717) is 11.6 Å². The van der Waals surface area contributed by atoms with Gasteiger partial charge < -0.3 is 0 Å². The molecule has 1 rings (SSSR count). The van der Waals surface area contributed by atoms with Crippen LogP contribution in [0.1, 0.15) is 5.69 Å². The third kappa shape index (κ3) is 1.36. The second-order valence-electron chi connectivity index (χ2n) is 1.92. The van der Waals surface area contributed by atoms with Crippen LogP contribution in [0, 0.1) is 0 Å². The molecule has 0 saturated carbocycles. The molecule has 1 aromatic heterocycles. The Morgan fingerprint density at radius 3 is 2.90 bits per heavy atom. The van der Waals surface area contributed by atoms with E-state index in [0.717, 1.165) is 0 Å². The van der Waals surface area contributed by atoms with E-state index in [1.807, 2.05) is 0 Å². The summed E-state index contributed by atoms with van der Waals surface area (Å²) in [7, 11) is 1.60. The van der Waals surface area contributed by atoms with Crippen molar-refractivity contribution < 1.29 is 0 Å². The number of halogens is 1. The molecule has 1 aromatic rings. The Morgan fingerprint density at radius 1 is 1.70 bits per heavy atom. The minimum Gasteiger partial charge on any atom is -0.268 e. The molecule has 0 unspecified atom stereocenters. The van der Waals surface area contributed by atoms with Crippen LogP contribution in [0.15, 0.2) is 16.9 Å². The van der Waals surface area contributed by atoms with Gasteiger partial charge in [0, 0.05) is 13.1 Å². The molecule has 0 saturated heterocycles. The monoisotopic (exact) mass is 158 g/mol. The first-order chi connectivity index (χ1) is 4.74. The van der Waals surface area contributed by atoms with Crippen molar-refractivity contribution >= 4 is 11.6 Å². The molecule has 10 heavy (non-hydrogen) atoms. The Labute approximate surface area is 63.2 Å². The lowest BCUT2D eigenvalue weighted by Crippen LogP contribution is -2.18. The highest BCUT2D eigenvalue weighted by Gasteiger charge is 1.92. The largest absolute Gasteiger partial charge is 0.268 e. The standard InChI is InChI=1S/C6H7ClN2O/c1-9-6(10)3-2-5(4-7)8-9/h2-3H,4H2,1H3. The number of hydrogen-bond acceptors (Lipinski definition) is 2.